The monoisotopic (exact) mass is 168 g/mol. The zero-order chi connectivity index (χ0) is 9.14. The lowest BCUT2D eigenvalue weighted by Crippen LogP contribution is -2.28. The molecule has 12 heavy (non-hydrogen) atoms. The minimum Gasteiger partial charge on any atom is -0.300 e. The SMILES string of the molecule is CC(=O)C[C@@H]1C(=O)CCC[C@@H]1C. The lowest BCUT2D eigenvalue weighted by Gasteiger charge is -2.26. The lowest BCUT2D eigenvalue weighted by molar-refractivity contribution is -0.130. The first-order valence-corrected chi connectivity index (χ1v) is 4.63. The van der Waals surface area contributed by atoms with Crippen molar-refractivity contribution in [3.8, 4) is 0 Å². The molecule has 0 bridgehead atoms. The second-order valence-corrected chi connectivity index (χ2v) is 3.85. The summed E-state index contributed by atoms with van der Waals surface area (Å²) in [5, 5.41) is 0. The number of hydrogen-bond donors (Lipinski definition) is 0. The smallest absolute Gasteiger partial charge is 0.136 e. The summed E-state index contributed by atoms with van der Waals surface area (Å²) in [6.45, 7) is 3.64. The van der Waals surface area contributed by atoms with Gasteiger partial charge >= 0.3 is 0 Å². The molecule has 2 atom stereocenters. The van der Waals surface area contributed by atoms with E-state index in [9.17, 15) is 9.59 Å². The highest BCUT2D eigenvalue weighted by atomic mass is 16.1. The molecule has 68 valence electrons. The molecule has 1 aliphatic rings. The first-order chi connectivity index (χ1) is 5.61. The van der Waals surface area contributed by atoms with E-state index in [0.29, 0.717) is 24.5 Å². The predicted molar refractivity (Wildman–Crippen MR) is 46.8 cm³/mol. The molecule has 1 rings (SSSR count). The standard InChI is InChI=1S/C10H16O2/c1-7-4-3-5-10(12)9(7)6-8(2)11/h7,9H,3-6H2,1-2H3/t7-,9-/m0/s1. The van der Waals surface area contributed by atoms with Gasteiger partial charge in [-0.05, 0) is 25.7 Å². The molecule has 0 saturated heterocycles. The second kappa shape index (κ2) is 3.83. The first-order valence-electron chi connectivity index (χ1n) is 4.63. The Hall–Kier alpha value is -0.660. The number of hydrogen-bond acceptors (Lipinski definition) is 2. The van der Waals surface area contributed by atoms with Gasteiger partial charge in [-0.2, -0.15) is 0 Å². The van der Waals surface area contributed by atoms with Gasteiger partial charge in [-0.1, -0.05) is 6.92 Å². The number of carbonyl (C=O) groups excluding carboxylic acids is 2. The molecule has 0 radical (unpaired) electrons. The summed E-state index contributed by atoms with van der Waals surface area (Å²) in [6, 6.07) is 0. The first kappa shape index (κ1) is 9.43. The number of carbonyl (C=O) groups is 2. The van der Waals surface area contributed by atoms with Crippen molar-refractivity contribution in [2.24, 2.45) is 11.8 Å². The highest BCUT2D eigenvalue weighted by molar-refractivity contribution is 5.87. The fourth-order valence-electron chi connectivity index (χ4n) is 1.93. The zero-order valence-electron chi connectivity index (χ0n) is 7.80. The van der Waals surface area contributed by atoms with Crippen LogP contribution in [0.2, 0.25) is 0 Å². The van der Waals surface area contributed by atoms with Crippen molar-refractivity contribution in [1.82, 2.24) is 0 Å². The van der Waals surface area contributed by atoms with E-state index in [0.717, 1.165) is 12.8 Å². The second-order valence-electron chi connectivity index (χ2n) is 3.85. The molecule has 1 saturated carbocycles. The van der Waals surface area contributed by atoms with Crippen LogP contribution in [0.3, 0.4) is 0 Å². The Labute approximate surface area is 73.3 Å². The van der Waals surface area contributed by atoms with Gasteiger partial charge in [0.1, 0.15) is 11.6 Å². The molecule has 0 aliphatic heterocycles. The van der Waals surface area contributed by atoms with Gasteiger partial charge < -0.3 is 4.79 Å². The summed E-state index contributed by atoms with van der Waals surface area (Å²) in [5.41, 5.74) is 0. The molecule has 0 spiro atoms. The van der Waals surface area contributed by atoms with Gasteiger partial charge in [0.25, 0.3) is 0 Å². The van der Waals surface area contributed by atoms with Crippen LogP contribution < -0.4 is 0 Å². The third-order valence-corrected chi connectivity index (χ3v) is 2.69. The Morgan fingerprint density at radius 2 is 2.25 bits per heavy atom. The van der Waals surface area contributed by atoms with E-state index in [4.69, 9.17) is 0 Å². The Bertz CT molecular complexity index is 196. The fraction of sp³-hybridized carbons (Fsp3) is 0.800. The number of Topliss-reactive ketones (excluding diaryl/α,β-unsaturated/α-hetero) is 2. The fourth-order valence-corrected chi connectivity index (χ4v) is 1.93. The van der Waals surface area contributed by atoms with E-state index in [1.807, 2.05) is 0 Å². The third kappa shape index (κ3) is 2.16. The number of rotatable bonds is 2. The molecule has 1 aliphatic carbocycles. The quantitative estimate of drug-likeness (QED) is 0.631. The summed E-state index contributed by atoms with van der Waals surface area (Å²) in [6.07, 6.45) is 3.25. The van der Waals surface area contributed by atoms with Gasteiger partial charge in [-0.25, -0.2) is 0 Å². The molecular formula is C10H16O2. The molecule has 0 amide bonds. The molecule has 0 heterocycles. The van der Waals surface area contributed by atoms with Gasteiger partial charge in [0.15, 0.2) is 0 Å². The molecule has 1 fully saturated rings. The van der Waals surface area contributed by atoms with Crippen molar-refractivity contribution >= 4 is 11.6 Å². The van der Waals surface area contributed by atoms with Gasteiger partial charge in [-0.3, -0.25) is 4.79 Å². The Morgan fingerprint density at radius 3 is 2.75 bits per heavy atom. The van der Waals surface area contributed by atoms with E-state index in [-0.39, 0.29) is 11.7 Å². The average Bonchev–Trinajstić information content (AvgIpc) is 1.97. The van der Waals surface area contributed by atoms with Crippen molar-refractivity contribution in [2.45, 2.75) is 39.5 Å². The molecular weight excluding hydrogens is 152 g/mol. The highest BCUT2D eigenvalue weighted by Crippen LogP contribution is 2.29. The van der Waals surface area contributed by atoms with Crippen LogP contribution in [0.15, 0.2) is 0 Å². The van der Waals surface area contributed by atoms with Crippen LogP contribution in [0.5, 0.6) is 0 Å². The van der Waals surface area contributed by atoms with Crippen LogP contribution in [0.1, 0.15) is 39.5 Å². The largest absolute Gasteiger partial charge is 0.300 e. The molecule has 0 aromatic heterocycles. The Balaban J connectivity index is 2.57. The van der Waals surface area contributed by atoms with E-state index in [1.165, 1.54) is 0 Å². The van der Waals surface area contributed by atoms with Gasteiger partial charge in [0.05, 0.1) is 0 Å². The minimum atomic E-state index is 0.0243. The van der Waals surface area contributed by atoms with E-state index >= 15 is 0 Å². The van der Waals surface area contributed by atoms with Crippen LogP contribution >= 0.6 is 0 Å². The highest BCUT2D eigenvalue weighted by Gasteiger charge is 2.29. The van der Waals surface area contributed by atoms with Crippen molar-refractivity contribution < 1.29 is 9.59 Å². The third-order valence-electron chi connectivity index (χ3n) is 2.69. The zero-order valence-corrected chi connectivity index (χ0v) is 7.80. The van der Waals surface area contributed by atoms with E-state index in [2.05, 4.69) is 6.92 Å². The van der Waals surface area contributed by atoms with Gasteiger partial charge in [-0.15, -0.1) is 0 Å². The van der Waals surface area contributed by atoms with Crippen LogP contribution in [-0.2, 0) is 9.59 Å². The maximum Gasteiger partial charge on any atom is 0.136 e. The predicted octanol–water partition coefficient (Wildman–Crippen LogP) is 1.97. The van der Waals surface area contributed by atoms with E-state index < -0.39 is 0 Å². The Morgan fingerprint density at radius 1 is 1.58 bits per heavy atom. The van der Waals surface area contributed by atoms with Crippen LogP contribution in [-0.4, -0.2) is 11.6 Å². The molecule has 0 aromatic carbocycles. The average molecular weight is 168 g/mol. The molecule has 0 unspecified atom stereocenters. The van der Waals surface area contributed by atoms with Crippen LogP contribution in [0, 0.1) is 11.8 Å². The minimum absolute atomic E-state index is 0.0243. The van der Waals surface area contributed by atoms with Crippen LogP contribution in [0.4, 0.5) is 0 Å². The van der Waals surface area contributed by atoms with Gasteiger partial charge in [0.2, 0.25) is 0 Å². The summed E-state index contributed by atoms with van der Waals surface area (Å²) < 4.78 is 0. The van der Waals surface area contributed by atoms with Crippen LogP contribution in [0.25, 0.3) is 0 Å². The topological polar surface area (TPSA) is 34.1 Å². The Kier molecular flexibility index (Phi) is 3.01. The maximum atomic E-state index is 11.4. The molecule has 0 N–H and O–H groups in total. The maximum absolute atomic E-state index is 11.4. The molecule has 2 nitrogen and oxygen atoms in total. The normalized spacial score (nSPS) is 30.3. The van der Waals surface area contributed by atoms with Crippen molar-refractivity contribution in [3.05, 3.63) is 0 Å². The van der Waals surface area contributed by atoms with Crippen molar-refractivity contribution in [2.75, 3.05) is 0 Å². The summed E-state index contributed by atoms with van der Waals surface area (Å²) in [7, 11) is 0. The van der Waals surface area contributed by atoms with Crippen molar-refractivity contribution in [3.63, 3.8) is 0 Å². The summed E-state index contributed by atoms with van der Waals surface area (Å²) in [5.74, 6) is 0.873. The van der Waals surface area contributed by atoms with E-state index in [1.54, 1.807) is 6.92 Å². The number of ketones is 2. The summed E-state index contributed by atoms with van der Waals surface area (Å²) in [4.78, 5) is 22.2. The molecule has 2 heteroatoms. The lowest BCUT2D eigenvalue weighted by atomic mass is 9.77. The summed E-state index contributed by atoms with van der Waals surface area (Å²) >= 11 is 0. The van der Waals surface area contributed by atoms with Gasteiger partial charge in [0, 0.05) is 18.8 Å². The van der Waals surface area contributed by atoms with Crippen molar-refractivity contribution in [1.29, 1.82) is 0 Å². The molecule has 0 aromatic rings.